The van der Waals surface area contributed by atoms with Crippen LogP contribution in [0.3, 0.4) is 0 Å². The summed E-state index contributed by atoms with van der Waals surface area (Å²) in [6, 6.07) is 0. The number of esters is 2. The number of carboxylic acid groups (broad SMARTS) is 1. The summed E-state index contributed by atoms with van der Waals surface area (Å²) in [6.45, 7) is 4.78. The van der Waals surface area contributed by atoms with E-state index in [0.29, 0.717) is 23.9 Å². The highest BCUT2D eigenvalue weighted by Gasteiger charge is 2.22. The molecular formula is C80H145NO8. The first kappa shape index (κ1) is 85.7. The summed E-state index contributed by atoms with van der Waals surface area (Å²) >= 11 is 0. The monoisotopic (exact) mass is 1250 g/mol. The molecule has 0 fully saturated rings. The van der Waals surface area contributed by atoms with Gasteiger partial charge in [0.1, 0.15) is 13.2 Å². The van der Waals surface area contributed by atoms with Gasteiger partial charge in [-0.25, -0.2) is 0 Å². The van der Waals surface area contributed by atoms with Crippen molar-refractivity contribution in [3.63, 3.8) is 0 Å². The molecule has 2 atom stereocenters. The minimum Gasteiger partial charge on any atom is -0.545 e. The van der Waals surface area contributed by atoms with Crippen molar-refractivity contribution < 1.29 is 42.9 Å². The summed E-state index contributed by atoms with van der Waals surface area (Å²) in [7, 11) is 5.94. The Morgan fingerprint density at radius 2 is 0.607 bits per heavy atom. The number of carbonyl (C=O) groups excluding carboxylic acids is 3. The lowest BCUT2D eigenvalue weighted by molar-refractivity contribution is -0.870. The van der Waals surface area contributed by atoms with Crippen LogP contribution in [-0.2, 0) is 33.3 Å². The molecule has 0 aromatic carbocycles. The SMILES string of the molecule is CCCCCCC/C=C\C/C=C\C/C=C\CCCCCCCCCCCCCCCCCCCCC(=O)OC(COC(=O)CCCCCCCCCCCCCCCCCC/C=C\C/C=C\C/C=C\CCCCCCC)COC(OCC[N+](C)(C)C)C(=O)[O-]. The van der Waals surface area contributed by atoms with E-state index in [1.807, 2.05) is 21.1 Å². The zero-order chi connectivity index (χ0) is 64.7. The number of hydrogen-bond acceptors (Lipinski definition) is 8. The molecule has 0 aromatic heterocycles. The number of ether oxygens (including phenoxy) is 4. The third-order valence-corrected chi connectivity index (χ3v) is 16.9. The molecule has 2 unspecified atom stereocenters. The standard InChI is InChI=1S/C80H145NO8/c1-6-8-10-12-14-16-18-20-22-24-26-28-30-32-34-36-38-39-41-43-45-47-49-51-53-55-57-59-61-63-65-67-69-71-78(83)89-76(75-88-80(79(84)85)86-73-72-81(3,4)5)74-87-77(82)70-68-66-64-62-60-58-56-54-52-50-48-46-44-42-40-37-35-33-31-29-27-25-23-21-19-17-15-13-11-9-7-2/h18-21,24-27,30-33,76,80H,6-17,22-23,28-29,34-75H2,1-5H3/b20-18-,21-19-,26-24-,27-25-,32-30-,33-31-. The number of unbranched alkanes of at least 4 members (excludes halogenated alkanes) is 44. The number of rotatable bonds is 71. The summed E-state index contributed by atoms with van der Waals surface area (Å²) in [5.41, 5.74) is 0. The predicted octanol–water partition coefficient (Wildman–Crippen LogP) is 22.7. The number of carboxylic acids is 1. The zero-order valence-electron chi connectivity index (χ0n) is 59.3. The van der Waals surface area contributed by atoms with Gasteiger partial charge in [-0.05, 0) is 89.9 Å². The van der Waals surface area contributed by atoms with E-state index in [0.717, 1.165) is 57.8 Å². The van der Waals surface area contributed by atoms with E-state index < -0.39 is 24.3 Å². The van der Waals surface area contributed by atoms with Crippen molar-refractivity contribution in [3.8, 4) is 0 Å². The van der Waals surface area contributed by atoms with E-state index >= 15 is 0 Å². The first-order valence-electron chi connectivity index (χ1n) is 38.1. The Morgan fingerprint density at radius 1 is 0.337 bits per heavy atom. The van der Waals surface area contributed by atoms with Gasteiger partial charge in [-0.15, -0.1) is 0 Å². The molecule has 0 heterocycles. The Kier molecular flexibility index (Phi) is 68.0. The van der Waals surface area contributed by atoms with Crippen molar-refractivity contribution in [2.75, 3.05) is 47.5 Å². The fourth-order valence-electron chi connectivity index (χ4n) is 11.1. The summed E-state index contributed by atoms with van der Waals surface area (Å²) in [5.74, 6) is -2.26. The molecule has 0 amide bonds. The van der Waals surface area contributed by atoms with Crippen molar-refractivity contribution >= 4 is 17.9 Å². The number of hydrogen-bond donors (Lipinski definition) is 0. The number of likely N-dealkylation sites (N-methyl/N-ethyl adjacent to an activating group) is 1. The molecule has 9 nitrogen and oxygen atoms in total. The van der Waals surface area contributed by atoms with Gasteiger partial charge in [0, 0.05) is 12.8 Å². The number of carbonyl (C=O) groups is 3. The maximum absolute atomic E-state index is 13.0. The number of allylic oxidation sites excluding steroid dienone is 12. The molecule has 518 valence electrons. The molecule has 0 radical (unpaired) electrons. The highest BCUT2D eigenvalue weighted by molar-refractivity contribution is 5.70. The molecule has 0 bridgehead atoms. The highest BCUT2D eigenvalue weighted by Crippen LogP contribution is 2.18. The third kappa shape index (κ3) is 72.0. The van der Waals surface area contributed by atoms with Gasteiger partial charge in [0.25, 0.3) is 0 Å². The van der Waals surface area contributed by atoms with E-state index in [-0.39, 0.29) is 32.2 Å². The molecule has 0 saturated carbocycles. The van der Waals surface area contributed by atoms with E-state index in [4.69, 9.17) is 18.9 Å². The van der Waals surface area contributed by atoms with Crippen LogP contribution in [0.5, 0.6) is 0 Å². The van der Waals surface area contributed by atoms with Crippen molar-refractivity contribution in [2.45, 2.75) is 373 Å². The lowest BCUT2D eigenvalue weighted by Gasteiger charge is -2.26. The van der Waals surface area contributed by atoms with Crippen molar-refractivity contribution in [3.05, 3.63) is 72.9 Å². The Hall–Kier alpha value is -3.27. The van der Waals surface area contributed by atoms with Gasteiger partial charge in [0.2, 0.25) is 0 Å². The van der Waals surface area contributed by atoms with Crippen molar-refractivity contribution in [1.29, 1.82) is 0 Å². The van der Waals surface area contributed by atoms with Gasteiger partial charge in [-0.3, -0.25) is 9.59 Å². The highest BCUT2D eigenvalue weighted by atomic mass is 16.7. The van der Waals surface area contributed by atoms with Crippen LogP contribution in [-0.4, -0.2) is 82.3 Å². The normalized spacial score (nSPS) is 13.0. The van der Waals surface area contributed by atoms with E-state index in [2.05, 4.69) is 86.8 Å². The fourth-order valence-corrected chi connectivity index (χ4v) is 11.1. The van der Waals surface area contributed by atoms with Crippen molar-refractivity contribution in [2.24, 2.45) is 0 Å². The Bertz CT molecular complexity index is 1690. The average molecular weight is 1250 g/mol. The molecule has 0 N–H and O–H groups in total. The van der Waals surface area contributed by atoms with Gasteiger partial charge in [0.15, 0.2) is 12.4 Å². The van der Waals surface area contributed by atoms with Gasteiger partial charge in [-0.2, -0.15) is 0 Å². The van der Waals surface area contributed by atoms with Crippen LogP contribution in [0.1, 0.15) is 361 Å². The minimum atomic E-state index is -1.62. The van der Waals surface area contributed by atoms with Crippen LogP contribution in [0.4, 0.5) is 0 Å². The van der Waals surface area contributed by atoms with Crippen LogP contribution >= 0.6 is 0 Å². The van der Waals surface area contributed by atoms with Crippen LogP contribution in [0, 0.1) is 0 Å². The van der Waals surface area contributed by atoms with Gasteiger partial charge < -0.3 is 33.3 Å². The number of nitrogens with zero attached hydrogens (tertiary/aromatic N) is 1. The summed E-state index contributed by atoms with van der Waals surface area (Å²) in [6.07, 6.45) is 91.4. The predicted molar refractivity (Wildman–Crippen MR) is 380 cm³/mol. The van der Waals surface area contributed by atoms with Gasteiger partial charge in [-0.1, -0.05) is 331 Å². The second-order valence-electron chi connectivity index (χ2n) is 26.9. The summed E-state index contributed by atoms with van der Waals surface area (Å²) in [5, 5.41) is 11.8. The largest absolute Gasteiger partial charge is 0.545 e. The van der Waals surface area contributed by atoms with Crippen LogP contribution in [0.2, 0.25) is 0 Å². The lowest BCUT2D eigenvalue weighted by atomic mass is 10.0. The van der Waals surface area contributed by atoms with Crippen LogP contribution in [0.15, 0.2) is 72.9 Å². The second kappa shape index (κ2) is 70.6. The maximum Gasteiger partial charge on any atom is 0.306 e. The first-order chi connectivity index (χ1) is 43.6. The zero-order valence-corrected chi connectivity index (χ0v) is 59.3. The minimum absolute atomic E-state index is 0.148. The average Bonchev–Trinajstić information content (AvgIpc) is 3.64. The molecule has 0 aliphatic carbocycles. The smallest absolute Gasteiger partial charge is 0.306 e. The Balaban J connectivity index is 4.04. The quantitative estimate of drug-likeness (QED) is 0.0195. The Labute approximate surface area is 551 Å². The second-order valence-corrected chi connectivity index (χ2v) is 26.9. The molecule has 0 saturated heterocycles. The van der Waals surface area contributed by atoms with E-state index in [9.17, 15) is 19.5 Å². The topological polar surface area (TPSA) is 111 Å². The molecule has 89 heavy (non-hydrogen) atoms. The lowest BCUT2D eigenvalue weighted by Crippen LogP contribution is -2.44. The van der Waals surface area contributed by atoms with Crippen molar-refractivity contribution in [1.82, 2.24) is 0 Å². The maximum atomic E-state index is 13.0. The number of quaternary nitrogens is 1. The molecular weight excluding hydrogens is 1100 g/mol. The fraction of sp³-hybridized carbons (Fsp3) is 0.812. The summed E-state index contributed by atoms with van der Waals surface area (Å²) < 4.78 is 22.9. The van der Waals surface area contributed by atoms with Gasteiger partial charge in [0.05, 0.1) is 40.3 Å². The molecule has 0 spiro atoms. The summed E-state index contributed by atoms with van der Waals surface area (Å²) in [4.78, 5) is 37.6. The molecule has 0 aliphatic heterocycles. The van der Waals surface area contributed by atoms with E-state index in [1.54, 1.807) is 0 Å². The molecule has 0 rings (SSSR count). The van der Waals surface area contributed by atoms with E-state index in [1.165, 1.54) is 270 Å². The molecule has 0 aliphatic rings. The van der Waals surface area contributed by atoms with Crippen LogP contribution in [0.25, 0.3) is 0 Å². The van der Waals surface area contributed by atoms with Crippen LogP contribution < -0.4 is 5.11 Å². The molecule has 0 aromatic rings. The third-order valence-electron chi connectivity index (χ3n) is 16.9. The first-order valence-corrected chi connectivity index (χ1v) is 38.1. The Morgan fingerprint density at radius 3 is 0.899 bits per heavy atom. The molecule has 9 heteroatoms. The van der Waals surface area contributed by atoms with Gasteiger partial charge >= 0.3 is 11.9 Å². The number of aliphatic carboxylic acids is 1.